The van der Waals surface area contributed by atoms with Crippen LogP contribution in [0.15, 0.2) is 84.1 Å². The first-order valence-electron chi connectivity index (χ1n) is 9.04. The van der Waals surface area contributed by atoms with Crippen molar-refractivity contribution in [3.63, 3.8) is 0 Å². The van der Waals surface area contributed by atoms with E-state index in [1.165, 1.54) is 7.11 Å². The van der Waals surface area contributed by atoms with Crippen LogP contribution in [0.5, 0.6) is 5.75 Å². The van der Waals surface area contributed by atoms with E-state index in [9.17, 15) is 8.42 Å². The Morgan fingerprint density at radius 1 is 0.933 bits per heavy atom. The van der Waals surface area contributed by atoms with Crippen LogP contribution in [-0.2, 0) is 10.0 Å². The molecule has 2 aromatic carbocycles. The lowest BCUT2D eigenvalue weighted by molar-refractivity contribution is 0.404. The molecule has 2 heterocycles. The van der Waals surface area contributed by atoms with Crippen molar-refractivity contribution in [3.05, 3.63) is 90.4 Å². The molecule has 6 nitrogen and oxygen atoms in total. The summed E-state index contributed by atoms with van der Waals surface area (Å²) in [5, 5.41) is 0.698. The first kappa shape index (κ1) is 19.4. The fourth-order valence-electron chi connectivity index (χ4n) is 2.97. The number of hydrogen-bond donors (Lipinski definition) is 1. The highest BCUT2D eigenvalue weighted by Crippen LogP contribution is 2.32. The van der Waals surface area contributed by atoms with Crippen LogP contribution in [0.2, 0.25) is 0 Å². The molecular formula is C23H17N3O3S. The van der Waals surface area contributed by atoms with Crippen molar-refractivity contribution >= 4 is 26.6 Å². The molecule has 7 heteroatoms. The van der Waals surface area contributed by atoms with Crippen molar-refractivity contribution in [3.8, 4) is 17.6 Å². The highest BCUT2D eigenvalue weighted by molar-refractivity contribution is 7.93. The number of ether oxygens (including phenoxy) is 1. The van der Waals surface area contributed by atoms with Gasteiger partial charge in [0, 0.05) is 35.1 Å². The van der Waals surface area contributed by atoms with Crippen LogP contribution in [0, 0.1) is 11.8 Å². The number of rotatable bonds is 4. The molecule has 0 amide bonds. The predicted molar refractivity (Wildman–Crippen MR) is 116 cm³/mol. The van der Waals surface area contributed by atoms with E-state index in [-0.39, 0.29) is 10.6 Å². The number of para-hydroxylation sites is 1. The van der Waals surface area contributed by atoms with E-state index in [1.54, 1.807) is 73.2 Å². The van der Waals surface area contributed by atoms with E-state index in [0.717, 1.165) is 5.56 Å². The quantitative estimate of drug-likeness (QED) is 0.512. The van der Waals surface area contributed by atoms with E-state index in [2.05, 4.69) is 26.5 Å². The number of methoxy groups -OCH3 is 1. The van der Waals surface area contributed by atoms with E-state index < -0.39 is 10.0 Å². The third-order valence-electron chi connectivity index (χ3n) is 4.36. The first-order valence-corrected chi connectivity index (χ1v) is 10.5. The second-order valence-electron chi connectivity index (χ2n) is 6.31. The molecule has 0 spiro atoms. The molecule has 4 rings (SSSR count). The van der Waals surface area contributed by atoms with Gasteiger partial charge in [0.25, 0.3) is 10.0 Å². The van der Waals surface area contributed by atoms with Gasteiger partial charge in [-0.05, 0) is 42.5 Å². The van der Waals surface area contributed by atoms with Crippen LogP contribution in [-0.4, -0.2) is 25.5 Å². The molecule has 0 atom stereocenters. The number of nitrogens with zero attached hydrogens (tertiary/aromatic N) is 2. The summed E-state index contributed by atoms with van der Waals surface area (Å²) in [6.07, 6.45) is 4.86. The number of nitrogens with one attached hydrogen (secondary N) is 1. The second kappa shape index (κ2) is 8.23. The molecule has 0 unspecified atom stereocenters. The molecule has 0 fully saturated rings. The Morgan fingerprint density at radius 2 is 1.77 bits per heavy atom. The minimum Gasteiger partial charge on any atom is -0.495 e. The zero-order valence-electron chi connectivity index (χ0n) is 16.0. The SMILES string of the molecule is COc1ccc2cccnc2c1S(=O)(=O)Nc1ccccc1C#Cc1cccnc1. The zero-order chi connectivity index (χ0) is 21.0. The maximum atomic E-state index is 13.3. The smallest absolute Gasteiger partial charge is 0.267 e. The molecular weight excluding hydrogens is 398 g/mol. The van der Waals surface area contributed by atoms with E-state index >= 15 is 0 Å². The van der Waals surface area contributed by atoms with Crippen LogP contribution >= 0.6 is 0 Å². The summed E-state index contributed by atoms with van der Waals surface area (Å²) in [5.74, 6) is 6.22. The zero-order valence-corrected chi connectivity index (χ0v) is 16.8. The van der Waals surface area contributed by atoms with Gasteiger partial charge in [-0.15, -0.1) is 0 Å². The molecule has 0 saturated heterocycles. The number of benzene rings is 2. The van der Waals surface area contributed by atoms with Gasteiger partial charge in [0.2, 0.25) is 0 Å². The summed E-state index contributed by atoms with van der Waals surface area (Å²) in [6.45, 7) is 0. The topological polar surface area (TPSA) is 81.2 Å². The number of hydrogen-bond acceptors (Lipinski definition) is 5. The highest BCUT2D eigenvalue weighted by Gasteiger charge is 2.24. The molecule has 0 aliphatic carbocycles. The van der Waals surface area contributed by atoms with Gasteiger partial charge in [0.1, 0.15) is 5.75 Å². The number of fused-ring (bicyclic) bond motifs is 1. The Hall–Kier alpha value is -3.89. The van der Waals surface area contributed by atoms with Crippen molar-refractivity contribution in [2.24, 2.45) is 0 Å². The monoisotopic (exact) mass is 415 g/mol. The van der Waals surface area contributed by atoms with Crippen molar-refractivity contribution < 1.29 is 13.2 Å². The number of anilines is 1. The molecule has 4 aromatic rings. The minimum atomic E-state index is -4.01. The van der Waals surface area contributed by atoms with E-state index in [1.807, 2.05) is 6.07 Å². The van der Waals surface area contributed by atoms with Crippen LogP contribution in [0.4, 0.5) is 5.69 Å². The summed E-state index contributed by atoms with van der Waals surface area (Å²) in [7, 11) is -2.58. The molecule has 2 aromatic heterocycles. The molecule has 0 aliphatic heterocycles. The largest absolute Gasteiger partial charge is 0.495 e. The van der Waals surface area contributed by atoms with Gasteiger partial charge in [0.05, 0.1) is 18.3 Å². The van der Waals surface area contributed by atoms with Crippen molar-refractivity contribution in [1.82, 2.24) is 9.97 Å². The molecule has 0 radical (unpaired) electrons. The minimum absolute atomic E-state index is 0.0156. The Labute approximate surface area is 174 Å². The second-order valence-corrected chi connectivity index (χ2v) is 7.93. The van der Waals surface area contributed by atoms with Gasteiger partial charge in [-0.25, -0.2) is 8.42 Å². The van der Waals surface area contributed by atoms with Gasteiger partial charge < -0.3 is 4.74 Å². The van der Waals surface area contributed by atoms with Crippen LogP contribution in [0.1, 0.15) is 11.1 Å². The Bertz CT molecular complexity index is 1380. The highest BCUT2D eigenvalue weighted by atomic mass is 32.2. The summed E-state index contributed by atoms with van der Waals surface area (Å²) < 4.78 is 34.6. The molecule has 1 N–H and O–H groups in total. The fraction of sp³-hybridized carbons (Fsp3) is 0.0435. The summed E-state index contributed by atoms with van der Waals surface area (Å²) >= 11 is 0. The third-order valence-corrected chi connectivity index (χ3v) is 5.78. The van der Waals surface area contributed by atoms with Crippen molar-refractivity contribution in [2.45, 2.75) is 4.90 Å². The van der Waals surface area contributed by atoms with Gasteiger partial charge in [0.15, 0.2) is 4.90 Å². The Balaban J connectivity index is 1.78. The fourth-order valence-corrected chi connectivity index (χ4v) is 4.38. The summed E-state index contributed by atoms with van der Waals surface area (Å²) in [6, 6.07) is 17.5. The summed E-state index contributed by atoms with van der Waals surface area (Å²) in [5.41, 5.74) is 1.97. The molecule has 0 saturated carbocycles. The number of sulfonamides is 1. The molecule has 0 aliphatic rings. The number of pyridine rings is 2. The lowest BCUT2D eigenvalue weighted by Gasteiger charge is -2.14. The summed E-state index contributed by atoms with van der Waals surface area (Å²) in [4.78, 5) is 8.28. The van der Waals surface area contributed by atoms with Crippen LogP contribution < -0.4 is 9.46 Å². The Kier molecular flexibility index (Phi) is 5.33. The predicted octanol–water partition coefficient (Wildman–Crippen LogP) is 3.84. The average molecular weight is 415 g/mol. The standard InChI is InChI=1S/C23H17N3O3S/c1-29-21-13-12-19-8-5-15-25-22(19)23(21)30(27,28)26-20-9-3-2-7-18(20)11-10-17-6-4-14-24-16-17/h2-9,12-16,26H,1H3. The van der Waals surface area contributed by atoms with E-state index in [0.29, 0.717) is 22.2 Å². The maximum absolute atomic E-state index is 13.3. The van der Waals surface area contributed by atoms with Gasteiger partial charge >= 0.3 is 0 Å². The lowest BCUT2D eigenvalue weighted by atomic mass is 10.2. The van der Waals surface area contributed by atoms with Crippen molar-refractivity contribution in [1.29, 1.82) is 0 Å². The normalized spacial score (nSPS) is 10.8. The average Bonchev–Trinajstić information content (AvgIpc) is 2.78. The molecule has 148 valence electrons. The van der Waals surface area contributed by atoms with Crippen molar-refractivity contribution in [2.75, 3.05) is 11.8 Å². The van der Waals surface area contributed by atoms with Crippen LogP contribution in [0.3, 0.4) is 0 Å². The third kappa shape index (κ3) is 3.95. The number of aromatic nitrogens is 2. The maximum Gasteiger partial charge on any atom is 0.267 e. The van der Waals surface area contributed by atoms with E-state index in [4.69, 9.17) is 4.74 Å². The molecule has 0 bridgehead atoms. The first-order chi connectivity index (χ1) is 14.6. The van der Waals surface area contributed by atoms with Crippen LogP contribution in [0.25, 0.3) is 10.9 Å². The van der Waals surface area contributed by atoms with Gasteiger partial charge in [-0.2, -0.15) is 0 Å². The Morgan fingerprint density at radius 3 is 2.57 bits per heavy atom. The lowest BCUT2D eigenvalue weighted by Crippen LogP contribution is -2.15. The van der Waals surface area contributed by atoms with Gasteiger partial charge in [-0.1, -0.05) is 30.0 Å². The van der Waals surface area contributed by atoms with Gasteiger partial charge in [-0.3, -0.25) is 14.7 Å². The molecule has 30 heavy (non-hydrogen) atoms.